The Labute approximate surface area is 54.5 Å². The fraction of sp³-hybridized carbons (Fsp3) is 0. The van der Waals surface area contributed by atoms with Crippen molar-refractivity contribution >= 4 is 28.4 Å². The summed E-state index contributed by atoms with van der Waals surface area (Å²) in [5.74, 6) is 0.570. The highest BCUT2D eigenvalue weighted by molar-refractivity contribution is 14.1. The van der Waals surface area contributed by atoms with E-state index in [-0.39, 0.29) is 0 Å². The molecule has 0 amide bonds. The molecule has 38 valence electrons. The van der Waals surface area contributed by atoms with Gasteiger partial charge in [-0.05, 0) is 22.6 Å². The van der Waals surface area contributed by atoms with Crippen LogP contribution in [0.25, 0.3) is 0 Å². The summed E-state index contributed by atoms with van der Waals surface area (Å²) in [7, 11) is 0. The van der Waals surface area contributed by atoms with Gasteiger partial charge in [-0.1, -0.05) is 0 Å². The number of nitrogen functional groups attached to an aromatic ring is 1. The van der Waals surface area contributed by atoms with Gasteiger partial charge in [-0.3, -0.25) is 0 Å². The summed E-state index contributed by atoms with van der Waals surface area (Å²) < 4.78 is 0.901. The standard InChI is InChI=1S/C3H4IN3/c4-2-3(5)7-1-6-2/h1H,5H2,(H,6,7). The molecule has 1 heterocycles. The van der Waals surface area contributed by atoms with Crippen molar-refractivity contribution in [3.05, 3.63) is 10.0 Å². The minimum atomic E-state index is 0.570. The van der Waals surface area contributed by atoms with Gasteiger partial charge in [0, 0.05) is 0 Å². The lowest BCUT2D eigenvalue weighted by Crippen LogP contribution is -1.85. The normalized spacial score (nSPS) is 9.29. The van der Waals surface area contributed by atoms with Crippen molar-refractivity contribution in [1.29, 1.82) is 0 Å². The van der Waals surface area contributed by atoms with Gasteiger partial charge in [-0.2, -0.15) is 0 Å². The van der Waals surface area contributed by atoms with Crippen LogP contribution >= 0.6 is 22.6 Å². The third kappa shape index (κ3) is 0.846. The minimum Gasteiger partial charge on any atom is -0.382 e. The van der Waals surface area contributed by atoms with E-state index in [1.807, 2.05) is 0 Å². The Bertz CT molecular complexity index is 142. The number of imidazole rings is 1. The Morgan fingerprint density at radius 3 is 2.71 bits per heavy atom. The van der Waals surface area contributed by atoms with Crippen LogP contribution in [0.4, 0.5) is 5.82 Å². The average Bonchev–Trinajstić information content (AvgIpc) is 1.91. The lowest BCUT2D eigenvalue weighted by Gasteiger charge is -1.77. The van der Waals surface area contributed by atoms with E-state index in [1.54, 1.807) is 6.33 Å². The van der Waals surface area contributed by atoms with Gasteiger partial charge in [0.1, 0.15) is 3.70 Å². The molecule has 7 heavy (non-hydrogen) atoms. The summed E-state index contributed by atoms with van der Waals surface area (Å²) in [5, 5.41) is 0. The predicted molar refractivity (Wildman–Crippen MR) is 35.7 cm³/mol. The molecule has 0 saturated heterocycles. The molecule has 1 aromatic heterocycles. The third-order valence-electron chi connectivity index (χ3n) is 0.620. The number of nitrogens with zero attached hydrogens (tertiary/aromatic N) is 1. The van der Waals surface area contributed by atoms with Crippen LogP contribution < -0.4 is 5.73 Å². The molecule has 0 bridgehead atoms. The van der Waals surface area contributed by atoms with Crippen LogP contribution in [0.15, 0.2) is 6.33 Å². The van der Waals surface area contributed by atoms with Gasteiger partial charge in [0.15, 0.2) is 5.82 Å². The van der Waals surface area contributed by atoms with Crippen molar-refractivity contribution < 1.29 is 0 Å². The van der Waals surface area contributed by atoms with Crippen molar-refractivity contribution in [2.45, 2.75) is 0 Å². The van der Waals surface area contributed by atoms with E-state index in [0.29, 0.717) is 5.82 Å². The summed E-state index contributed by atoms with van der Waals surface area (Å²) in [6.07, 6.45) is 1.57. The van der Waals surface area contributed by atoms with Gasteiger partial charge in [0.05, 0.1) is 6.33 Å². The summed E-state index contributed by atoms with van der Waals surface area (Å²) in [6, 6.07) is 0. The number of nitrogens with one attached hydrogen (secondary N) is 1. The molecule has 0 fully saturated rings. The number of rotatable bonds is 0. The maximum Gasteiger partial charge on any atom is 0.155 e. The van der Waals surface area contributed by atoms with Gasteiger partial charge in [-0.15, -0.1) is 0 Å². The third-order valence-corrected chi connectivity index (χ3v) is 1.48. The summed E-state index contributed by atoms with van der Waals surface area (Å²) in [6.45, 7) is 0. The molecule has 3 N–H and O–H groups in total. The zero-order valence-electron chi connectivity index (χ0n) is 3.48. The Morgan fingerprint density at radius 2 is 2.57 bits per heavy atom. The second-order valence-corrected chi connectivity index (χ2v) is 2.18. The molecule has 3 nitrogen and oxygen atoms in total. The fourth-order valence-electron chi connectivity index (χ4n) is 0.289. The second kappa shape index (κ2) is 1.69. The number of nitrogens with two attached hydrogens (primary N) is 1. The van der Waals surface area contributed by atoms with E-state index < -0.39 is 0 Å². The largest absolute Gasteiger partial charge is 0.382 e. The smallest absolute Gasteiger partial charge is 0.155 e. The number of aromatic nitrogens is 2. The Balaban J connectivity index is 3.12. The quantitative estimate of drug-likeness (QED) is 0.614. The lowest BCUT2D eigenvalue weighted by atomic mass is 10.8. The molecule has 0 aromatic carbocycles. The molecule has 1 aromatic rings. The molecule has 0 aliphatic heterocycles. The molecule has 0 unspecified atom stereocenters. The number of halogens is 1. The molecule has 0 spiro atoms. The highest BCUT2D eigenvalue weighted by Gasteiger charge is 1.90. The van der Waals surface area contributed by atoms with Crippen LogP contribution in [0.2, 0.25) is 0 Å². The zero-order chi connectivity index (χ0) is 5.28. The first-order valence-corrected chi connectivity index (χ1v) is 2.83. The van der Waals surface area contributed by atoms with Crippen LogP contribution in [0.5, 0.6) is 0 Å². The van der Waals surface area contributed by atoms with Crippen LogP contribution in [0.1, 0.15) is 0 Å². The maximum absolute atomic E-state index is 5.29. The monoisotopic (exact) mass is 209 g/mol. The molecule has 0 atom stereocenters. The van der Waals surface area contributed by atoms with E-state index in [4.69, 9.17) is 5.73 Å². The Kier molecular flexibility index (Phi) is 1.18. The topological polar surface area (TPSA) is 54.7 Å². The van der Waals surface area contributed by atoms with Crippen LogP contribution in [-0.2, 0) is 0 Å². The second-order valence-electron chi connectivity index (χ2n) is 1.10. The number of hydrogen-bond acceptors (Lipinski definition) is 2. The van der Waals surface area contributed by atoms with Crippen molar-refractivity contribution in [3.63, 3.8) is 0 Å². The number of anilines is 1. The molecule has 0 radical (unpaired) electrons. The van der Waals surface area contributed by atoms with Crippen LogP contribution in [-0.4, -0.2) is 9.97 Å². The highest BCUT2D eigenvalue weighted by atomic mass is 127. The van der Waals surface area contributed by atoms with E-state index in [0.717, 1.165) is 3.70 Å². The van der Waals surface area contributed by atoms with Crippen molar-refractivity contribution in [3.8, 4) is 0 Å². The number of H-pyrrole nitrogens is 1. The molecule has 0 saturated carbocycles. The molecular weight excluding hydrogens is 205 g/mol. The van der Waals surface area contributed by atoms with Crippen LogP contribution in [0, 0.1) is 3.70 Å². The lowest BCUT2D eigenvalue weighted by molar-refractivity contribution is 1.30. The summed E-state index contributed by atoms with van der Waals surface area (Å²) in [4.78, 5) is 6.55. The Hall–Kier alpha value is -0.260. The maximum atomic E-state index is 5.29. The average molecular weight is 209 g/mol. The summed E-state index contributed by atoms with van der Waals surface area (Å²) >= 11 is 2.08. The van der Waals surface area contributed by atoms with E-state index in [9.17, 15) is 0 Å². The Morgan fingerprint density at radius 1 is 1.86 bits per heavy atom. The van der Waals surface area contributed by atoms with Crippen molar-refractivity contribution in [1.82, 2.24) is 9.97 Å². The minimum absolute atomic E-state index is 0.570. The van der Waals surface area contributed by atoms with Crippen molar-refractivity contribution in [2.24, 2.45) is 0 Å². The van der Waals surface area contributed by atoms with E-state index in [1.165, 1.54) is 0 Å². The predicted octanol–water partition coefficient (Wildman–Crippen LogP) is 0.597. The van der Waals surface area contributed by atoms with E-state index >= 15 is 0 Å². The molecule has 0 aliphatic carbocycles. The molecule has 0 aliphatic rings. The van der Waals surface area contributed by atoms with Crippen molar-refractivity contribution in [2.75, 3.05) is 5.73 Å². The van der Waals surface area contributed by atoms with Crippen LogP contribution in [0.3, 0.4) is 0 Å². The number of aromatic amines is 1. The fourth-order valence-corrected chi connectivity index (χ4v) is 0.568. The molecular formula is C3H4IN3. The SMILES string of the molecule is Nc1nc[nH]c1I. The molecule has 4 heteroatoms. The first-order valence-electron chi connectivity index (χ1n) is 1.75. The van der Waals surface area contributed by atoms with Gasteiger partial charge in [-0.25, -0.2) is 4.98 Å². The number of hydrogen-bond donors (Lipinski definition) is 2. The first-order chi connectivity index (χ1) is 3.30. The van der Waals surface area contributed by atoms with Gasteiger partial charge >= 0.3 is 0 Å². The van der Waals surface area contributed by atoms with Gasteiger partial charge in [0.25, 0.3) is 0 Å². The van der Waals surface area contributed by atoms with E-state index in [2.05, 4.69) is 32.6 Å². The highest BCUT2D eigenvalue weighted by Crippen LogP contribution is 2.05. The summed E-state index contributed by atoms with van der Waals surface area (Å²) in [5.41, 5.74) is 5.29. The zero-order valence-corrected chi connectivity index (χ0v) is 5.64. The van der Waals surface area contributed by atoms with Gasteiger partial charge < -0.3 is 10.7 Å². The first kappa shape index (κ1) is 4.89. The van der Waals surface area contributed by atoms with Gasteiger partial charge in [0.2, 0.25) is 0 Å². The molecule has 1 rings (SSSR count).